The van der Waals surface area contributed by atoms with E-state index in [0.29, 0.717) is 35.2 Å². The third-order valence-electron chi connectivity index (χ3n) is 4.76. The molecule has 0 spiro atoms. The fourth-order valence-corrected chi connectivity index (χ4v) is 2.61. The average molecular weight is 385 g/mol. The molecule has 0 aliphatic rings. The maximum absolute atomic E-state index is 10.2. The van der Waals surface area contributed by atoms with Gasteiger partial charge in [-0.25, -0.2) is 4.98 Å². The standard InChI is InChI=1S/C19H27N7O2/c1-11(19(2,3)27)23-18-24-16(15-17(25-18)26(4)10-22-15)21-9-12-8-13(28-5)6-7-14(12)20/h6-8,10-11,27H,9,20H2,1-5H3,(H2,21,23,24,25). The van der Waals surface area contributed by atoms with E-state index >= 15 is 0 Å². The van der Waals surface area contributed by atoms with Crippen LogP contribution < -0.4 is 21.1 Å². The number of anilines is 3. The van der Waals surface area contributed by atoms with Crippen molar-refractivity contribution in [1.29, 1.82) is 0 Å². The smallest absolute Gasteiger partial charge is 0.227 e. The number of aryl methyl sites for hydroxylation is 1. The van der Waals surface area contributed by atoms with E-state index in [2.05, 4.69) is 25.6 Å². The normalized spacial score (nSPS) is 12.8. The van der Waals surface area contributed by atoms with Gasteiger partial charge in [0.25, 0.3) is 0 Å². The summed E-state index contributed by atoms with van der Waals surface area (Å²) < 4.78 is 7.09. The number of aromatic nitrogens is 4. The summed E-state index contributed by atoms with van der Waals surface area (Å²) in [5, 5.41) is 16.7. The van der Waals surface area contributed by atoms with Crippen LogP contribution in [0.1, 0.15) is 26.3 Å². The first-order valence-corrected chi connectivity index (χ1v) is 9.03. The Balaban J connectivity index is 1.91. The molecule has 9 nitrogen and oxygen atoms in total. The monoisotopic (exact) mass is 385 g/mol. The number of hydrogen-bond donors (Lipinski definition) is 4. The SMILES string of the molecule is COc1ccc(N)c(CNc2nc(NC(C)C(C)(C)O)nc3c2ncn3C)c1. The lowest BCUT2D eigenvalue weighted by Crippen LogP contribution is -2.39. The van der Waals surface area contributed by atoms with Gasteiger partial charge in [-0.05, 0) is 44.5 Å². The molecule has 0 saturated heterocycles. The Kier molecular flexibility index (Phi) is 5.28. The number of rotatable bonds is 7. The van der Waals surface area contributed by atoms with E-state index in [0.717, 1.165) is 11.3 Å². The van der Waals surface area contributed by atoms with Crippen LogP contribution in [0.5, 0.6) is 5.75 Å². The highest BCUT2D eigenvalue weighted by molar-refractivity contribution is 5.84. The molecule has 0 fully saturated rings. The number of imidazole rings is 1. The van der Waals surface area contributed by atoms with Gasteiger partial charge < -0.3 is 30.8 Å². The highest BCUT2D eigenvalue weighted by Crippen LogP contribution is 2.24. The molecule has 2 aromatic heterocycles. The van der Waals surface area contributed by atoms with E-state index in [4.69, 9.17) is 10.5 Å². The summed E-state index contributed by atoms with van der Waals surface area (Å²) >= 11 is 0. The third kappa shape index (κ3) is 4.09. The molecule has 150 valence electrons. The van der Waals surface area contributed by atoms with Crippen molar-refractivity contribution in [2.24, 2.45) is 7.05 Å². The summed E-state index contributed by atoms with van der Waals surface area (Å²) in [6.07, 6.45) is 1.69. The van der Waals surface area contributed by atoms with Crippen LogP contribution in [0.15, 0.2) is 24.5 Å². The summed E-state index contributed by atoms with van der Waals surface area (Å²) in [5.74, 6) is 1.73. The Morgan fingerprint density at radius 3 is 2.75 bits per heavy atom. The quantitative estimate of drug-likeness (QED) is 0.456. The summed E-state index contributed by atoms with van der Waals surface area (Å²) in [6, 6.07) is 5.26. The molecule has 0 aliphatic heterocycles. The zero-order chi connectivity index (χ0) is 20.5. The van der Waals surface area contributed by atoms with Gasteiger partial charge in [-0.15, -0.1) is 0 Å². The first-order chi connectivity index (χ1) is 13.2. The fraction of sp³-hybridized carbons (Fsp3) is 0.421. The number of ether oxygens (including phenoxy) is 1. The number of nitrogens with two attached hydrogens (primary N) is 1. The minimum Gasteiger partial charge on any atom is -0.497 e. The number of benzene rings is 1. The number of aliphatic hydroxyl groups is 1. The molecule has 1 atom stereocenters. The number of methoxy groups -OCH3 is 1. The number of nitrogen functional groups attached to an aromatic ring is 1. The van der Waals surface area contributed by atoms with Crippen LogP contribution in [-0.2, 0) is 13.6 Å². The lowest BCUT2D eigenvalue weighted by Gasteiger charge is -2.26. The number of fused-ring (bicyclic) bond motifs is 1. The van der Waals surface area contributed by atoms with E-state index < -0.39 is 5.60 Å². The molecular weight excluding hydrogens is 358 g/mol. The van der Waals surface area contributed by atoms with Gasteiger partial charge in [-0.1, -0.05) is 0 Å². The molecule has 0 amide bonds. The predicted octanol–water partition coefficient (Wildman–Crippen LogP) is 2.14. The molecule has 9 heteroatoms. The Labute approximate surface area is 164 Å². The Morgan fingerprint density at radius 1 is 1.32 bits per heavy atom. The fourth-order valence-electron chi connectivity index (χ4n) is 2.61. The molecule has 0 saturated carbocycles. The van der Waals surface area contributed by atoms with Gasteiger partial charge in [0, 0.05) is 19.3 Å². The minimum absolute atomic E-state index is 0.250. The van der Waals surface area contributed by atoms with Crippen molar-refractivity contribution < 1.29 is 9.84 Å². The van der Waals surface area contributed by atoms with Crippen LogP contribution in [0.4, 0.5) is 17.5 Å². The van der Waals surface area contributed by atoms with Crippen LogP contribution in [0.3, 0.4) is 0 Å². The predicted molar refractivity (Wildman–Crippen MR) is 110 cm³/mol. The minimum atomic E-state index is -0.923. The largest absolute Gasteiger partial charge is 0.497 e. The second kappa shape index (κ2) is 7.51. The summed E-state index contributed by atoms with van der Waals surface area (Å²) in [7, 11) is 3.49. The van der Waals surface area contributed by atoms with Gasteiger partial charge in [-0.2, -0.15) is 9.97 Å². The van der Waals surface area contributed by atoms with Crippen molar-refractivity contribution in [1.82, 2.24) is 19.5 Å². The van der Waals surface area contributed by atoms with E-state index in [9.17, 15) is 5.11 Å². The molecule has 0 aliphatic carbocycles. The molecule has 1 aromatic carbocycles. The molecule has 1 unspecified atom stereocenters. The zero-order valence-electron chi connectivity index (χ0n) is 16.8. The van der Waals surface area contributed by atoms with E-state index in [1.54, 1.807) is 27.3 Å². The number of nitrogens with one attached hydrogen (secondary N) is 2. The summed E-state index contributed by atoms with van der Waals surface area (Å²) in [4.78, 5) is 13.5. The molecule has 3 rings (SSSR count). The van der Waals surface area contributed by atoms with Gasteiger partial charge in [0.2, 0.25) is 5.95 Å². The average Bonchev–Trinajstić information content (AvgIpc) is 3.01. The van der Waals surface area contributed by atoms with Crippen molar-refractivity contribution in [2.45, 2.75) is 39.0 Å². The molecule has 28 heavy (non-hydrogen) atoms. The summed E-state index contributed by atoms with van der Waals surface area (Å²) in [5.41, 5.74) is 8.05. The van der Waals surface area contributed by atoms with E-state index in [1.807, 2.05) is 36.7 Å². The van der Waals surface area contributed by atoms with Crippen molar-refractivity contribution in [3.05, 3.63) is 30.1 Å². The molecule has 3 aromatic rings. The lowest BCUT2D eigenvalue weighted by molar-refractivity contribution is 0.0646. The molecule has 0 radical (unpaired) electrons. The van der Waals surface area contributed by atoms with Crippen molar-refractivity contribution in [2.75, 3.05) is 23.5 Å². The summed E-state index contributed by atoms with van der Waals surface area (Å²) in [6.45, 7) is 5.79. The van der Waals surface area contributed by atoms with Crippen LogP contribution >= 0.6 is 0 Å². The maximum Gasteiger partial charge on any atom is 0.227 e. The highest BCUT2D eigenvalue weighted by Gasteiger charge is 2.23. The van der Waals surface area contributed by atoms with Crippen LogP contribution in [0.25, 0.3) is 11.2 Å². The number of hydrogen-bond acceptors (Lipinski definition) is 8. The Hall–Kier alpha value is -3.07. The molecule has 5 N–H and O–H groups in total. The lowest BCUT2D eigenvalue weighted by atomic mass is 10.0. The molecular formula is C19H27N7O2. The highest BCUT2D eigenvalue weighted by atomic mass is 16.5. The third-order valence-corrected chi connectivity index (χ3v) is 4.76. The zero-order valence-corrected chi connectivity index (χ0v) is 16.8. The second-order valence-corrected chi connectivity index (χ2v) is 7.36. The molecule has 2 heterocycles. The Bertz CT molecular complexity index is 978. The van der Waals surface area contributed by atoms with Crippen LogP contribution in [0, 0.1) is 0 Å². The first kappa shape index (κ1) is 19.7. The number of nitrogens with zero attached hydrogens (tertiary/aromatic N) is 4. The van der Waals surface area contributed by atoms with Crippen molar-refractivity contribution >= 4 is 28.6 Å². The van der Waals surface area contributed by atoms with Crippen LogP contribution in [0.2, 0.25) is 0 Å². The van der Waals surface area contributed by atoms with Crippen molar-refractivity contribution in [3.8, 4) is 5.75 Å². The van der Waals surface area contributed by atoms with Gasteiger partial charge in [0.1, 0.15) is 5.75 Å². The van der Waals surface area contributed by atoms with Crippen LogP contribution in [-0.4, -0.2) is 43.4 Å². The van der Waals surface area contributed by atoms with Crippen molar-refractivity contribution in [3.63, 3.8) is 0 Å². The molecule has 0 bridgehead atoms. The topological polar surface area (TPSA) is 123 Å². The first-order valence-electron chi connectivity index (χ1n) is 9.03. The van der Waals surface area contributed by atoms with E-state index in [1.165, 1.54) is 0 Å². The second-order valence-electron chi connectivity index (χ2n) is 7.36. The van der Waals surface area contributed by atoms with Gasteiger partial charge in [-0.3, -0.25) is 0 Å². The maximum atomic E-state index is 10.2. The van der Waals surface area contributed by atoms with Gasteiger partial charge in [0.05, 0.1) is 25.1 Å². The Morgan fingerprint density at radius 2 is 2.07 bits per heavy atom. The van der Waals surface area contributed by atoms with Gasteiger partial charge in [0.15, 0.2) is 17.0 Å². The van der Waals surface area contributed by atoms with Gasteiger partial charge >= 0.3 is 0 Å². The van der Waals surface area contributed by atoms with E-state index in [-0.39, 0.29) is 6.04 Å².